The number of rotatable bonds is 3. The minimum Gasteiger partial charge on any atom is -0.507 e. The predicted octanol–water partition coefficient (Wildman–Crippen LogP) is 1.58. The molecule has 0 bridgehead atoms. The van der Waals surface area contributed by atoms with E-state index in [9.17, 15) is 5.11 Å². The lowest BCUT2D eigenvalue weighted by atomic mass is 10.2. The van der Waals surface area contributed by atoms with Crippen LogP contribution < -0.4 is 0 Å². The van der Waals surface area contributed by atoms with Crippen LogP contribution in [0.2, 0.25) is 0 Å². The van der Waals surface area contributed by atoms with Crippen LogP contribution in [-0.2, 0) is 6.42 Å². The average Bonchev–Trinajstić information content (AvgIpc) is 2.68. The lowest BCUT2D eigenvalue weighted by Crippen LogP contribution is -1.88. The fourth-order valence-corrected chi connectivity index (χ4v) is 1.33. The van der Waals surface area contributed by atoms with Crippen molar-refractivity contribution in [1.29, 1.82) is 0 Å². The number of hydrogen-bond donors (Lipinski definition) is 2. The van der Waals surface area contributed by atoms with Gasteiger partial charge in [-0.2, -0.15) is 0 Å². The summed E-state index contributed by atoms with van der Waals surface area (Å²) in [7, 11) is 0. The molecule has 0 fully saturated rings. The monoisotopic (exact) mass is 205 g/mol. The molecule has 0 saturated heterocycles. The van der Waals surface area contributed by atoms with Crippen LogP contribution in [0.15, 0.2) is 34.9 Å². The zero-order valence-corrected chi connectivity index (χ0v) is 8.05. The highest BCUT2D eigenvalue weighted by atomic mass is 16.4. The Balaban J connectivity index is 2.33. The Morgan fingerprint density at radius 1 is 1.27 bits per heavy atom. The number of aliphatic hydroxyl groups is 1. The number of aromatic hydroxyl groups is 1. The van der Waals surface area contributed by atoms with E-state index in [2.05, 4.69) is 4.98 Å². The van der Waals surface area contributed by atoms with Gasteiger partial charge in [0.15, 0.2) is 11.7 Å². The summed E-state index contributed by atoms with van der Waals surface area (Å²) in [5.74, 6) is 1.14. The van der Waals surface area contributed by atoms with Crippen LogP contribution in [0.25, 0.3) is 11.3 Å². The lowest BCUT2D eigenvalue weighted by molar-refractivity contribution is 0.285. The van der Waals surface area contributed by atoms with E-state index >= 15 is 0 Å². The van der Waals surface area contributed by atoms with E-state index in [0.717, 1.165) is 0 Å². The van der Waals surface area contributed by atoms with E-state index < -0.39 is 0 Å². The highest BCUT2D eigenvalue weighted by Crippen LogP contribution is 2.28. The zero-order valence-electron chi connectivity index (χ0n) is 8.05. The molecule has 0 radical (unpaired) electrons. The van der Waals surface area contributed by atoms with Gasteiger partial charge in [-0.15, -0.1) is 0 Å². The maximum absolute atomic E-state index is 9.57. The molecule has 1 aromatic heterocycles. The molecule has 2 aromatic rings. The van der Waals surface area contributed by atoms with E-state index in [-0.39, 0.29) is 12.4 Å². The van der Waals surface area contributed by atoms with Crippen molar-refractivity contribution >= 4 is 0 Å². The molecular weight excluding hydrogens is 194 g/mol. The number of para-hydroxylation sites is 1. The van der Waals surface area contributed by atoms with Crippen molar-refractivity contribution in [2.45, 2.75) is 6.42 Å². The molecule has 0 atom stereocenters. The Morgan fingerprint density at radius 3 is 2.80 bits per heavy atom. The Kier molecular flexibility index (Phi) is 2.69. The smallest absolute Gasteiger partial charge is 0.197 e. The number of benzene rings is 1. The van der Waals surface area contributed by atoms with Crippen molar-refractivity contribution in [3.8, 4) is 17.1 Å². The van der Waals surface area contributed by atoms with Crippen molar-refractivity contribution < 1.29 is 14.6 Å². The Morgan fingerprint density at radius 2 is 2.07 bits per heavy atom. The summed E-state index contributed by atoms with van der Waals surface area (Å²) in [6.07, 6.45) is 1.92. The molecule has 4 nitrogen and oxygen atoms in total. The van der Waals surface area contributed by atoms with Gasteiger partial charge in [0.1, 0.15) is 5.75 Å². The van der Waals surface area contributed by atoms with E-state index in [4.69, 9.17) is 9.52 Å². The Bertz CT molecular complexity index is 451. The SMILES string of the molecule is OCCc1ncc(-c2ccccc2O)o1. The normalized spacial score (nSPS) is 10.5. The summed E-state index contributed by atoms with van der Waals surface area (Å²) in [4.78, 5) is 3.99. The third kappa shape index (κ3) is 1.99. The first-order valence-corrected chi connectivity index (χ1v) is 4.65. The number of aliphatic hydroxyl groups excluding tert-OH is 1. The second kappa shape index (κ2) is 4.14. The van der Waals surface area contributed by atoms with Gasteiger partial charge >= 0.3 is 0 Å². The number of hydrogen-bond acceptors (Lipinski definition) is 4. The van der Waals surface area contributed by atoms with Crippen molar-refractivity contribution in [1.82, 2.24) is 4.98 Å². The number of phenolic OH excluding ortho intramolecular Hbond substituents is 1. The van der Waals surface area contributed by atoms with Gasteiger partial charge in [0, 0.05) is 6.42 Å². The maximum atomic E-state index is 9.57. The average molecular weight is 205 g/mol. The minimum atomic E-state index is 0.000719. The highest BCUT2D eigenvalue weighted by Gasteiger charge is 2.09. The number of nitrogens with zero attached hydrogens (tertiary/aromatic N) is 1. The maximum Gasteiger partial charge on any atom is 0.197 e. The molecule has 0 aliphatic rings. The molecule has 2 N–H and O–H groups in total. The van der Waals surface area contributed by atoms with Crippen LogP contribution >= 0.6 is 0 Å². The van der Waals surface area contributed by atoms with Crippen LogP contribution in [0, 0.1) is 0 Å². The van der Waals surface area contributed by atoms with Crippen LogP contribution in [-0.4, -0.2) is 21.8 Å². The number of phenols is 1. The largest absolute Gasteiger partial charge is 0.507 e. The molecule has 0 unspecified atom stereocenters. The fourth-order valence-electron chi connectivity index (χ4n) is 1.33. The Hall–Kier alpha value is -1.81. The van der Waals surface area contributed by atoms with Gasteiger partial charge in [-0.3, -0.25) is 0 Å². The second-order valence-electron chi connectivity index (χ2n) is 3.11. The van der Waals surface area contributed by atoms with E-state index in [0.29, 0.717) is 23.6 Å². The third-order valence-electron chi connectivity index (χ3n) is 2.05. The van der Waals surface area contributed by atoms with Gasteiger partial charge in [-0.25, -0.2) is 4.98 Å². The number of oxazole rings is 1. The van der Waals surface area contributed by atoms with E-state index in [1.807, 2.05) is 6.07 Å². The van der Waals surface area contributed by atoms with Crippen LogP contribution in [0.1, 0.15) is 5.89 Å². The molecule has 4 heteroatoms. The quantitative estimate of drug-likeness (QED) is 0.798. The van der Waals surface area contributed by atoms with E-state index in [1.54, 1.807) is 24.4 Å². The summed E-state index contributed by atoms with van der Waals surface area (Å²) < 4.78 is 5.36. The van der Waals surface area contributed by atoms with Crippen LogP contribution in [0.3, 0.4) is 0 Å². The minimum absolute atomic E-state index is 0.000719. The van der Waals surface area contributed by atoms with Crippen molar-refractivity contribution in [3.05, 3.63) is 36.4 Å². The summed E-state index contributed by atoms with van der Waals surface area (Å²) in [5, 5.41) is 18.3. The molecule has 0 saturated carbocycles. The predicted molar refractivity (Wildman–Crippen MR) is 54.4 cm³/mol. The molecule has 78 valence electrons. The zero-order chi connectivity index (χ0) is 10.7. The standard InChI is InChI=1S/C11H11NO3/c13-6-5-11-12-7-10(15-11)8-3-1-2-4-9(8)14/h1-4,7,13-14H,5-6H2. The van der Waals surface area contributed by atoms with Crippen molar-refractivity contribution in [2.24, 2.45) is 0 Å². The van der Waals surface area contributed by atoms with Gasteiger partial charge in [-0.05, 0) is 12.1 Å². The van der Waals surface area contributed by atoms with Gasteiger partial charge in [0.05, 0.1) is 18.4 Å². The molecular formula is C11H11NO3. The summed E-state index contributed by atoms with van der Waals surface area (Å²) in [5.41, 5.74) is 0.606. The summed E-state index contributed by atoms with van der Waals surface area (Å²) >= 11 is 0. The summed E-state index contributed by atoms with van der Waals surface area (Å²) in [6.45, 7) is 0.000719. The number of aromatic nitrogens is 1. The van der Waals surface area contributed by atoms with Crippen molar-refractivity contribution in [2.75, 3.05) is 6.61 Å². The lowest BCUT2D eigenvalue weighted by Gasteiger charge is -1.98. The van der Waals surface area contributed by atoms with Crippen LogP contribution in [0.4, 0.5) is 0 Å². The van der Waals surface area contributed by atoms with Gasteiger partial charge in [0.2, 0.25) is 0 Å². The third-order valence-corrected chi connectivity index (χ3v) is 2.05. The molecule has 1 heterocycles. The molecule has 2 rings (SSSR count). The van der Waals surface area contributed by atoms with E-state index in [1.165, 1.54) is 0 Å². The van der Waals surface area contributed by atoms with Crippen molar-refractivity contribution in [3.63, 3.8) is 0 Å². The molecule has 0 aliphatic heterocycles. The molecule has 0 spiro atoms. The van der Waals surface area contributed by atoms with Gasteiger partial charge in [0.25, 0.3) is 0 Å². The second-order valence-corrected chi connectivity index (χ2v) is 3.11. The molecule has 0 amide bonds. The van der Waals surface area contributed by atoms with Gasteiger partial charge < -0.3 is 14.6 Å². The first kappa shape index (κ1) is 9.73. The van der Waals surface area contributed by atoms with Crippen LogP contribution in [0.5, 0.6) is 5.75 Å². The summed E-state index contributed by atoms with van der Waals surface area (Å²) in [6, 6.07) is 6.88. The fraction of sp³-hybridized carbons (Fsp3) is 0.182. The topological polar surface area (TPSA) is 66.5 Å². The first-order chi connectivity index (χ1) is 7.31. The molecule has 0 aliphatic carbocycles. The highest BCUT2D eigenvalue weighted by molar-refractivity contribution is 5.64. The first-order valence-electron chi connectivity index (χ1n) is 4.65. The molecule has 1 aromatic carbocycles. The Labute approximate surface area is 86.8 Å². The van der Waals surface area contributed by atoms with Gasteiger partial charge in [-0.1, -0.05) is 12.1 Å². The molecule has 15 heavy (non-hydrogen) atoms.